The first kappa shape index (κ1) is 18.9. The van der Waals surface area contributed by atoms with Crippen LogP contribution < -0.4 is 5.56 Å². The number of halogens is 1. The van der Waals surface area contributed by atoms with Crippen LogP contribution in [0.15, 0.2) is 80.0 Å². The van der Waals surface area contributed by atoms with E-state index in [1.807, 2.05) is 36.6 Å². The highest BCUT2D eigenvalue weighted by Crippen LogP contribution is 2.51. The Morgan fingerprint density at radius 1 is 1.25 bits per heavy atom. The van der Waals surface area contributed by atoms with Crippen LogP contribution in [0.4, 0.5) is 0 Å². The van der Waals surface area contributed by atoms with Crippen molar-refractivity contribution in [3.05, 3.63) is 97.4 Å². The highest BCUT2D eigenvalue weighted by atomic mass is 79.9. The predicted octanol–water partition coefficient (Wildman–Crippen LogP) is 5.59. The molecule has 4 rings (SSSR count). The van der Waals surface area contributed by atoms with Gasteiger partial charge in [-0.1, -0.05) is 57.9 Å². The van der Waals surface area contributed by atoms with Gasteiger partial charge in [0.1, 0.15) is 5.54 Å². The normalized spacial score (nSPS) is 25.3. The van der Waals surface area contributed by atoms with E-state index in [0.717, 1.165) is 34.1 Å². The highest BCUT2D eigenvalue weighted by Gasteiger charge is 2.46. The van der Waals surface area contributed by atoms with E-state index in [0.29, 0.717) is 0 Å². The van der Waals surface area contributed by atoms with Crippen LogP contribution in [-0.4, -0.2) is 11.2 Å². The Hall–Kier alpha value is -2.46. The Balaban J connectivity index is 1.78. The second-order valence-corrected chi connectivity index (χ2v) is 8.33. The van der Waals surface area contributed by atoms with Crippen molar-refractivity contribution in [2.24, 2.45) is 10.9 Å². The van der Waals surface area contributed by atoms with Crippen molar-refractivity contribution in [3.8, 4) is 0 Å². The molecule has 1 aromatic heterocycles. The van der Waals surface area contributed by atoms with Crippen molar-refractivity contribution in [3.63, 3.8) is 0 Å². The van der Waals surface area contributed by atoms with Crippen molar-refractivity contribution in [2.75, 3.05) is 0 Å². The number of nitrogens with one attached hydrogen (secondary N) is 1. The van der Waals surface area contributed by atoms with Gasteiger partial charge in [-0.25, -0.2) is 0 Å². The zero-order valence-corrected chi connectivity index (χ0v) is 17.7. The molecule has 1 aromatic carbocycles. The second-order valence-electron chi connectivity index (χ2n) is 7.48. The molecule has 1 heterocycles. The lowest BCUT2D eigenvalue weighted by Gasteiger charge is -2.45. The summed E-state index contributed by atoms with van der Waals surface area (Å²) in [7, 11) is 0. The molecule has 0 fully saturated rings. The second kappa shape index (κ2) is 7.51. The fourth-order valence-corrected chi connectivity index (χ4v) is 5.00. The van der Waals surface area contributed by atoms with Crippen molar-refractivity contribution in [1.82, 2.24) is 4.98 Å². The van der Waals surface area contributed by atoms with Gasteiger partial charge in [0.2, 0.25) is 5.56 Å². The number of aromatic amines is 1. The summed E-state index contributed by atoms with van der Waals surface area (Å²) in [6.07, 6.45) is 12.1. The van der Waals surface area contributed by atoms with E-state index in [9.17, 15) is 4.79 Å². The number of rotatable bonds is 3. The molecule has 2 aliphatic rings. The predicted molar refractivity (Wildman–Crippen MR) is 120 cm³/mol. The van der Waals surface area contributed by atoms with E-state index in [4.69, 9.17) is 4.99 Å². The number of benzene rings is 1. The lowest BCUT2D eigenvalue weighted by atomic mass is 9.63. The average Bonchev–Trinajstić information content (AvgIpc) is 2.65. The standard InChI is InChI=1S/C24H23BrN2O/c1-3-19-18-13-16(2)15-24(19,20-10-11-23(28)27-22(20)14-18)26-12-6-8-17-7-4-5-9-21(17)25/h3-13,18H,14-15H2,1-2H3,(H,27,28)/b8-6+,19-3+,26-12?/t18-,24+/m0/s1. The van der Waals surface area contributed by atoms with Gasteiger partial charge < -0.3 is 4.98 Å². The summed E-state index contributed by atoms with van der Waals surface area (Å²) >= 11 is 3.58. The molecule has 2 aromatic rings. The number of H-pyrrole nitrogens is 1. The molecule has 1 N–H and O–H groups in total. The van der Waals surface area contributed by atoms with Gasteiger partial charge in [0, 0.05) is 40.3 Å². The lowest BCUT2D eigenvalue weighted by molar-refractivity contribution is 0.413. The number of allylic oxidation sites excluding steroid dienone is 3. The zero-order valence-electron chi connectivity index (χ0n) is 16.1. The average molecular weight is 435 g/mol. The molecule has 0 aliphatic heterocycles. The van der Waals surface area contributed by atoms with Crippen molar-refractivity contribution in [2.45, 2.75) is 32.2 Å². The minimum atomic E-state index is -0.436. The minimum absolute atomic E-state index is 0.0468. The van der Waals surface area contributed by atoms with Gasteiger partial charge in [0.15, 0.2) is 0 Å². The van der Waals surface area contributed by atoms with E-state index >= 15 is 0 Å². The molecule has 0 amide bonds. The number of aromatic nitrogens is 1. The van der Waals surface area contributed by atoms with E-state index in [-0.39, 0.29) is 11.5 Å². The van der Waals surface area contributed by atoms with Crippen LogP contribution in [-0.2, 0) is 12.0 Å². The Kier molecular flexibility index (Phi) is 5.07. The molecular weight excluding hydrogens is 412 g/mol. The summed E-state index contributed by atoms with van der Waals surface area (Å²) < 4.78 is 1.06. The Bertz CT molecular complexity index is 1090. The van der Waals surface area contributed by atoms with Crippen LogP contribution in [0.25, 0.3) is 6.08 Å². The number of nitrogens with zero attached hydrogens (tertiary/aromatic N) is 1. The lowest BCUT2D eigenvalue weighted by Crippen LogP contribution is -2.40. The molecule has 0 radical (unpaired) electrons. The zero-order chi connectivity index (χ0) is 19.7. The number of hydrogen-bond acceptors (Lipinski definition) is 2. The van der Waals surface area contributed by atoms with Gasteiger partial charge in [0.25, 0.3) is 0 Å². The van der Waals surface area contributed by atoms with E-state index < -0.39 is 5.54 Å². The molecule has 28 heavy (non-hydrogen) atoms. The first-order valence-electron chi connectivity index (χ1n) is 9.56. The molecule has 142 valence electrons. The maximum atomic E-state index is 11.9. The first-order valence-corrected chi connectivity index (χ1v) is 10.4. The van der Waals surface area contributed by atoms with Crippen LogP contribution in [0.5, 0.6) is 0 Å². The fraction of sp³-hybridized carbons (Fsp3) is 0.250. The highest BCUT2D eigenvalue weighted by molar-refractivity contribution is 9.10. The summed E-state index contributed by atoms with van der Waals surface area (Å²) in [4.78, 5) is 20.0. The van der Waals surface area contributed by atoms with Crippen LogP contribution in [0.1, 0.15) is 37.1 Å². The molecule has 0 saturated carbocycles. The molecule has 0 unspecified atom stereocenters. The largest absolute Gasteiger partial charge is 0.326 e. The Morgan fingerprint density at radius 2 is 2.07 bits per heavy atom. The molecule has 3 nitrogen and oxygen atoms in total. The molecule has 4 heteroatoms. The molecular formula is C24H23BrN2O. The smallest absolute Gasteiger partial charge is 0.248 e. The monoisotopic (exact) mass is 434 g/mol. The van der Waals surface area contributed by atoms with Crippen LogP contribution >= 0.6 is 15.9 Å². The summed E-state index contributed by atoms with van der Waals surface area (Å²) in [5.74, 6) is 0.286. The summed E-state index contributed by atoms with van der Waals surface area (Å²) in [6.45, 7) is 4.27. The van der Waals surface area contributed by atoms with Crippen molar-refractivity contribution >= 4 is 28.2 Å². The van der Waals surface area contributed by atoms with E-state index in [2.05, 4.69) is 59.1 Å². The summed E-state index contributed by atoms with van der Waals surface area (Å²) in [5.41, 5.74) is 5.43. The molecule has 2 bridgehead atoms. The third-order valence-electron chi connectivity index (χ3n) is 5.64. The van der Waals surface area contributed by atoms with Crippen LogP contribution in [0, 0.1) is 5.92 Å². The van der Waals surface area contributed by atoms with Gasteiger partial charge in [-0.3, -0.25) is 9.79 Å². The van der Waals surface area contributed by atoms with Crippen LogP contribution in [0.3, 0.4) is 0 Å². The summed E-state index contributed by atoms with van der Waals surface area (Å²) in [5, 5.41) is 0. The molecule has 0 saturated heterocycles. The SMILES string of the molecule is C/C=C1\[C@H]2C=C(C)C[C@]1(N=C/C=C/c1ccccc1Br)c1ccc(=O)[nH]c1C2. The topological polar surface area (TPSA) is 45.2 Å². The maximum Gasteiger partial charge on any atom is 0.248 e. The van der Waals surface area contributed by atoms with Crippen molar-refractivity contribution < 1.29 is 0 Å². The number of aliphatic imine (C=N–C) groups is 1. The van der Waals surface area contributed by atoms with Crippen molar-refractivity contribution in [1.29, 1.82) is 0 Å². The fourth-order valence-electron chi connectivity index (χ4n) is 4.58. The van der Waals surface area contributed by atoms with E-state index in [1.54, 1.807) is 6.07 Å². The van der Waals surface area contributed by atoms with Gasteiger partial charge in [-0.2, -0.15) is 0 Å². The number of pyridine rings is 1. The first-order chi connectivity index (χ1) is 13.5. The molecule has 2 atom stereocenters. The number of hydrogen-bond donors (Lipinski definition) is 1. The van der Waals surface area contributed by atoms with E-state index in [1.165, 1.54) is 11.1 Å². The van der Waals surface area contributed by atoms with Gasteiger partial charge in [-0.05, 0) is 49.6 Å². The molecule has 2 aliphatic carbocycles. The third kappa shape index (κ3) is 3.26. The Morgan fingerprint density at radius 3 is 2.86 bits per heavy atom. The maximum absolute atomic E-state index is 11.9. The van der Waals surface area contributed by atoms with Gasteiger partial charge in [0.05, 0.1) is 0 Å². The number of fused-ring (bicyclic) bond motifs is 4. The molecule has 0 spiro atoms. The Labute approximate surface area is 173 Å². The van der Waals surface area contributed by atoms with Gasteiger partial charge in [-0.15, -0.1) is 0 Å². The quantitative estimate of drug-likeness (QED) is 0.496. The minimum Gasteiger partial charge on any atom is -0.326 e. The van der Waals surface area contributed by atoms with Crippen LogP contribution in [0.2, 0.25) is 0 Å². The van der Waals surface area contributed by atoms with Gasteiger partial charge >= 0.3 is 0 Å². The summed E-state index contributed by atoms with van der Waals surface area (Å²) in [6, 6.07) is 11.7. The third-order valence-corrected chi connectivity index (χ3v) is 6.36.